The Morgan fingerprint density at radius 1 is 1.06 bits per heavy atom. The molecule has 0 unspecified atom stereocenters. The monoisotopic (exact) mass is 259 g/mol. The molecule has 0 bridgehead atoms. The van der Waals surface area contributed by atoms with Gasteiger partial charge < -0.3 is 15.5 Å². The van der Waals surface area contributed by atoms with E-state index in [1.165, 1.54) is 0 Å². The second-order valence-electron chi connectivity index (χ2n) is 4.27. The van der Waals surface area contributed by atoms with Gasteiger partial charge in [0.15, 0.2) is 0 Å². The van der Waals surface area contributed by atoms with Gasteiger partial charge in [0.2, 0.25) is 5.91 Å². The fraction of sp³-hybridized carbons (Fsp3) is 0.750. The molecule has 0 radical (unpaired) electrons. The van der Waals surface area contributed by atoms with Crippen molar-refractivity contribution >= 4 is 17.8 Å². The molecule has 0 fully saturated rings. The summed E-state index contributed by atoms with van der Waals surface area (Å²) in [5.41, 5.74) is 0. The minimum atomic E-state index is -1.36. The summed E-state index contributed by atoms with van der Waals surface area (Å²) in [6, 6.07) is -1.36. The maximum atomic E-state index is 11.9. The topological polar surface area (TPSA) is 104 Å². The molecule has 3 N–H and O–H groups in total. The van der Waals surface area contributed by atoms with Crippen molar-refractivity contribution in [1.82, 2.24) is 5.32 Å². The average Bonchev–Trinajstić information content (AvgIpc) is 2.27. The van der Waals surface area contributed by atoms with Crippen LogP contribution in [0.4, 0.5) is 0 Å². The molecule has 0 saturated heterocycles. The van der Waals surface area contributed by atoms with Crippen molar-refractivity contribution in [2.45, 2.75) is 52.0 Å². The molecule has 0 aliphatic carbocycles. The van der Waals surface area contributed by atoms with Crippen LogP contribution >= 0.6 is 0 Å². The average molecular weight is 259 g/mol. The molecule has 1 amide bonds. The molecule has 6 heteroatoms. The molecule has 0 heterocycles. The molecule has 0 rings (SSSR count). The highest BCUT2D eigenvalue weighted by molar-refractivity contribution is 5.87. The van der Waals surface area contributed by atoms with Crippen LogP contribution in [0.2, 0.25) is 0 Å². The van der Waals surface area contributed by atoms with Crippen LogP contribution in [-0.2, 0) is 14.4 Å². The number of rotatable bonds is 9. The molecular weight excluding hydrogens is 238 g/mol. The third-order valence-electron chi connectivity index (χ3n) is 2.64. The number of aliphatic carboxylic acids is 2. The zero-order chi connectivity index (χ0) is 14.1. The second kappa shape index (κ2) is 8.49. The van der Waals surface area contributed by atoms with Gasteiger partial charge in [-0.15, -0.1) is 0 Å². The molecule has 0 aromatic rings. The van der Waals surface area contributed by atoms with E-state index in [4.69, 9.17) is 10.2 Å². The van der Waals surface area contributed by atoms with Gasteiger partial charge in [0.05, 0.1) is 6.42 Å². The Morgan fingerprint density at radius 3 is 1.89 bits per heavy atom. The van der Waals surface area contributed by atoms with Crippen molar-refractivity contribution in [2.24, 2.45) is 5.92 Å². The van der Waals surface area contributed by atoms with E-state index >= 15 is 0 Å². The van der Waals surface area contributed by atoms with Crippen LogP contribution in [0.3, 0.4) is 0 Å². The van der Waals surface area contributed by atoms with Crippen molar-refractivity contribution in [3.05, 3.63) is 0 Å². The number of carbonyl (C=O) groups is 3. The standard InChI is InChI=1S/C12H21NO5/c1-3-5-8(6-4-2)11(16)13-9(12(17)18)7-10(14)15/h8-9H,3-7H2,1-2H3,(H,13,16)(H,14,15)(H,17,18)/t9-/m0/s1. The van der Waals surface area contributed by atoms with E-state index in [9.17, 15) is 14.4 Å². The van der Waals surface area contributed by atoms with Gasteiger partial charge in [-0.25, -0.2) is 4.79 Å². The Hall–Kier alpha value is -1.59. The Morgan fingerprint density at radius 2 is 1.56 bits per heavy atom. The minimum Gasteiger partial charge on any atom is -0.481 e. The molecule has 0 saturated carbocycles. The van der Waals surface area contributed by atoms with Gasteiger partial charge in [-0.2, -0.15) is 0 Å². The van der Waals surface area contributed by atoms with Gasteiger partial charge in [0, 0.05) is 5.92 Å². The van der Waals surface area contributed by atoms with E-state index in [0.717, 1.165) is 12.8 Å². The fourth-order valence-electron chi connectivity index (χ4n) is 1.77. The SMILES string of the molecule is CCCC(CCC)C(=O)N[C@@H](CC(=O)O)C(=O)O. The minimum absolute atomic E-state index is 0.240. The Labute approximate surface area is 106 Å². The van der Waals surface area contributed by atoms with Crippen molar-refractivity contribution < 1.29 is 24.6 Å². The first-order chi connectivity index (χ1) is 8.42. The normalized spacial score (nSPS) is 12.2. The van der Waals surface area contributed by atoms with Gasteiger partial charge >= 0.3 is 11.9 Å². The predicted molar refractivity (Wildman–Crippen MR) is 65.1 cm³/mol. The second-order valence-corrected chi connectivity index (χ2v) is 4.27. The summed E-state index contributed by atoms with van der Waals surface area (Å²) in [6.07, 6.45) is 2.41. The van der Waals surface area contributed by atoms with Gasteiger partial charge in [-0.3, -0.25) is 9.59 Å². The number of nitrogens with one attached hydrogen (secondary N) is 1. The highest BCUT2D eigenvalue weighted by atomic mass is 16.4. The number of hydrogen-bond donors (Lipinski definition) is 3. The van der Waals surface area contributed by atoms with E-state index in [1.807, 2.05) is 13.8 Å². The van der Waals surface area contributed by atoms with Crippen molar-refractivity contribution in [3.63, 3.8) is 0 Å². The first kappa shape index (κ1) is 16.4. The van der Waals surface area contributed by atoms with Crippen LogP contribution < -0.4 is 5.32 Å². The summed E-state index contributed by atoms with van der Waals surface area (Å²) in [5.74, 6) is -3.18. The van der Waals surface area contributed by atoms with E-state index in [-0.39, 0.29) is 11.8 Å². The van der Waals surface area contributed by atoms with E-state index in [0.29, 0.717) is 12.8 Å². The van der Waals surface area contributed by atoms with E-state index in [2.05, 4.69) is 5.32 Å². The number of amides is 1. The third kappa shape index (κ3) is 6.22. The molecular formula is C12H21NO5. The van der Waals surface area contributed by atoms with E-state index < -0.39 is 24.4 Å². The number of hydrogen-bond acceptors (Lipinski definition) is 3. The molecule has 0 aliphatic heterocycles. The summed E-state index contributed by atoms with van der Waals surface area (Å²) >= 11 is 0. The maximum absolute atomic E-state index is 11.9. The molecule has 0 spiro atoms. The molecule has 0 aliphatic rings. The lowest BCUT2D eigenvalue weighted by molar-refractivity contribution is -0.147. The van der Waals surface area contributed by atoms with Crippen LogP contribution in [0.1, 0.15) is 46.0 Å². The van der Waals surface area contributed by atoms with Gasteiger partial charge in [-0.1, -0.05) is 26.7 Å². The van der Waals surface area contributed by atoms with Gasteiger partial charge in [-0.05, 0) is 12.8 Å². The van der Waals surface area contributed by atoms with Crippen LogP contribution in [0.5, 0.6) is 0 Å². The third-order valence-corrected chi connectivity index (χ3v) is 2.64. The van der Waals surface area contributed by atoms with Crippen LogP contribution in [0.25, 0.3) is 0 Å². The highest BCUT2D eigenvalue weighted by Gasteiger charge is 2.26. The highest BCUT2D eigenvalue weighted by Crippen LogP contribution is 2.14. The first-order valence-corrected chi connectivity index (χ1v) is 6.17. The molecule has 18 heavy (non-hydrogen) atoms. The summed E-state index contributed by atoms with van der Waals surface area (Å²) in [4.78, 5) is 33.2. The Balaban J connectivity index is 4.54. The van der Waals surface area contributed by atoms with Gasteiger partial charge in [0.1, 0.15) is 6.04 Å². The van der Waals surface area contributed by atoms with E-state index in [1.54, 1.807) is 0 Å². The van der Waals surface area contributed by atoms with Gasteiger partial charge in [0.25, 0.3) is 0 Å². The lowest BCUT2D eigenvalue weighted by atomic mass is 9.97. The summed E-state index contributed by atoms with van der Waals surface area (Å²) in [7, 11) is 0. The summed E-state index contributed by atoms with van der Waals surface area (Å²) < 4.78 is 0. The van der Waals surface area contributed by atoms with Crippen LogP contribution in [-0.4, -0.2) is 34.1 Å². The van der Waals surface area contributed by atoms with Crippen LogP contribution in [0.15, 0.2) is 0 Å². The van der Waals surface area contributed by atoms with Crippen molar-refractivity contribution in [2.75, 3.05) is 0 Å². The summed E-state index contributed by atoms with van der Waals surface area (Å²) in [6.45, 7) is 3.89. The Kier molecular flexibility index (Phi) is 7.74. The summed E-state index contributed by atoms with van der Waals surface area (Å²) in [5, 5.41) is 19.7. The Bertz CT molecular complexity index is 297. The molecule has 0 aromatic carbocycles. The first-order valence-electron chi connectivity index (χ1n) is 6.17. The molecule has 104 valence electrons. The number of carboxylic acid groups (broad SMARTS) is 2. The molecule has 1 atom stereocenters. The maximum Gasteiger partial charge on any atom is 0.326 e. The fourth-order valence-corrected chi connectivity index (χ4v) is 1.77. The quantitative estimate of drug-likeness (QED) is 0.578. The number of carboxylic acids is 2. The van der Waals surface area contributed by atoms with Crippen molar-refractivity contribution in [1.29, 1.82) is 0 Å². The predicted octanol–water partition coefficient (Wildman–Crippen LogP) is 1.25. The lowest BCUT2D eigenvalue weighted by Gasteiger charge is -2.18. The lowest BCUT2D eigenvalue weighted by Crippen LogP contribution is -2.44. The molecule has 6 nitrogen and oxygen atoms in total. The zero-order valence-corrected chi connectivity index (χ0v) is 10.8. The smallest absolute Gasteiger partial charge is 0.326 e. The molecule has 0 aromatic heterocycles. The van der Waals surface area contributed by atoms with Crippen molar-refractivity contribution in [3.8, 4) is 0 Å². The van der Waals surface area contributed by atoms with Crippen LogP contribution in [0, 0.1) is 5.92 Å². The largest absolute Gasteiger partial charge is 0.481 e. The number of carbonyl (C=O) groups excluding carboxylic acids is 1. The zero-order valence-electron chi connectivity index (χ0n) is 10.8.